The molecule has 0 aliphatic carbocycles. The Morgan fingerprint density at radius 1 is 1.25 bits per heavy atom. The van der Waals surface area contributed by atoms with Gasteiger partial charge in [-0.2, -0.15) is 0 Å². The monoisotopic (exact) mass is 273 g/mol. The average molecular weight is 273 g/mol. The Balaban J connectivity index is 1.81. The van der Waals surface area contributed by atoms with E-state index in [1.807, 2.05) is 31.2 Å². The summed E-state index contributed by atoms with van der Waals surface area (Å²) < 4.78 is 0. The van der Waals surface area contributed by atoms with Crippen LogP contribution >= 0.6 is 0 Å². The molecule has 1 aliphatic rings. The molecule has 0 bridgehead atoms. The maximum Gasteiger partial charge on any atom is 0.164 e. The second-order valence-electron chi connectivity index (χ2n) is 7.19. The van der Waals surface area contributed by atoms with E-state index in [0.29, 0.717) is 11.8 Å². The number of hydrogen-bond acceptors (Lipinski definition) is 2. The summed E-state index contributed by atoms with van der Waals surface area (Å²) in [6, 6.07) is 7.91. The zero-order chi connectivity index (χ0) is 14.8. The van der Waals surface area contributed by atoms with Crippen molar-refractivity contribution >= 4 is 5.78 Å². The number of aryl methyl sites for hydroxylation is 1. The average Bonchev–Trinajstić information content (AvgIpc) is 2.85. The molecular formula is C18H27NO. The molecule has 1 aromatic carbocycles. The second-order valence-corrected chi connectivity index (χ2v) is 7.19. The zero-order valence-electron chi connectivity index (χ0n) is 13.3. The van der Waals surface area contributed by atoms with E-state index in [9.17, 15) is 4.79 Å². The second kappa shape index (κ2) is 6.09. The van der Waals surface area contributed by atoms with Crippen molar-refractivity contribution in [2.75, 3.05) is 19.6 Å². The van der Waals surface area contributed by atoms with Gasteiger partial charge in [-0.15, -0.1) is 0 Å². The highest BCUT2D eigenvalue weighted by molar-refractivity contribution is 5.96. The Bertz CT molecular complexity index is 455. The van der Waals surface area contributed by atoms with Gasteiger partial charge in [-0.05, 0) is 31.2 Å². The van der Waals surface area contributed by atoms with Gasteiger partial charge >= 0.3 is 0 Å². The lowest BCUT2D eigenvalue weighted by Gasteiger charge is -2.27. The predicted molar refractivity (Wildman–Crippen MR) is 84.1 cm³/mol. The normalized spacial score (nSPS) is 20.3. The Kier molecular flexibility index (Phi) is 4.64. The fourth-order valence-corrected chi connectivity index (χ4v) is 2.89. The Labute approximate surface area is 123 Å². The van der Waals surface area contributed by atoms with Gasteiger partial charge in [0.05, 0.1) is 0 Å². The SMILES string of the molecule is Cc1ccc(C(=O)CCN2CCC(C(C)(C)C)C2)cc1. The molecule has 0 spiro atoms. The van der Waals surface area contributed by atoms with Gasteiger partial charge in [-0.3, -0.25) is 4.79 Å². The lowest BCUT2D eigenvalue weighted by atomic mass is 9.80. The van der Waals surface area contributed by atoms with Crippen molar-refractivity contribution in [3.05, 3.63) is 35.4 Å². The lowest BCUT2D eigenvalue weighted by molar-refractivity contribution is 0.0967. The van der Waals surface area contributed by atoms with Crippen molar-refractivity contribution in [1.29, 1.82) is 0 Å². The fraction of sp³-hybridized carbons (Fsp3) is 0.611. The zero-order valence-corrected chi connectivity index (χ0v) is 13.3. The first-order chi connectivity index (χ1) is 9.36. The summed E-state index contributed by atoms with van der Waals surface area (Å²) in [5.41, 5.74) is 2.44. The predicted octanol–water partition coefficient (Wildman–Crippen LogP) is 3.94. The van der Waals surface area contributed by atoms with Crippen LogP contribution in [0.1, 0.15) is 49.5 Å². The van der Waals surface area contributed by atoms with Crippen molar-refractivity contribution in [2.45, 2.75) is 40.5 Å². The summed E-state index contributed by atoms with van der Waals surface area (Å²) in [5.74, 6) is 1.03. The van der Waals surface area contributed by atoms with Gasteiger partial charge in [-0.25, -0.2) is 0 Å². The number of Topliss-reactive ketones (excluding diaryl/α,β-unsaturated/α-hetero) is 1. The maximum atomic E-state index is 12.2. The van der Waals surface area contributed by atoms with Crippen LogP contribution in [0.5, 0.6) is 0 Å². The maximum absolute atomic E-state index is 12.2. The van der Waals surface area contributed by atoms with Crippen LogP contribution in [0.15, 0.2) is 24.3 Å². The molecule has 1 aliphatic heterocycles. The number of carbonyl (C=O) groups excluding carboxylic acids is 1. The summed E-state index contributed by atoms with van der Waals surface area (Å²) in [7, 11) is 0. The molecule has 2 rings (SSSR count). The number of benzene rings is 1. The molecule has 1 atom stereocenters. The highest BCUT2D eigenvalue weighted by atomic mass is 16.1. The molecule has 1 aromatic rings. The number of rotatable bonds is 4. The first kappa shape index (κ1) is 15.2. The van der Waals surface area contributed by atoms with Crippen LogP contribution in [0, 0.1) is 18.3 Å². The number of ketones is 1. The first-order valence-electron chi connectivity index (χ1n) is 7.68. The quantitative estimate of drug-likeness (QED) is 0.775. The molecule has 1 heterocycles. The van der Waals surface area contributed by atoms with Crippen LogP contribution in [-0.2, 0) is 0 Å². The third kappa shape index (κ3) is 3.92. The van der Waals surface area contributed by atoms with Crippen LogP contribution in [0.25, 0.3) is 0 Å². The molecule has 2 heteroatoms. The van der Waals surface area contributed by atoms with Crippen LogP contribution in [-0.4, -0.2) is 30.3 Å². The molecule has 110 valence electrons. The van der Waals surface area contributed by atoms with E-state index in [0.717, 1.165) is 31.1 Å². The van der Waals surface area contributed by atoms with E-state index in [-0.39, 0.29) is 5.78 Å². The molecule has 1 fully saturated rings. The van der Waals surface area contributed by atoms with Crippen LogP contribution in [0.4, 0.5) is 0 Å². The van der Waals surface area contributed by atoms with Gasteiger partial charge in [-0.1, -0.05) is 50.6 Å². The molecule has 1 unspecified atom stereocenters. The van der Waals surface area contributed by atoms with E-state index in [2.05, 4.69) is 25.7 Å². The molecular weight excluding hydrogens is 246 g/mol. The Morgan fingerprint density at radius 3 is 2.45 bits per heavy atom. The topological polar surface area (TPSA) is 20.3 Å². The van der Waals surface area contributed by atoms with Gasteiger partial charge in [0, 0.05) is 25.1 Å². The first-order valence-corrected chi connectivity index (χ1v) is 7.68. The molecule has 2 nitrogen and oxygen atoms in total. The molecule has 0 radical (unpaired) electrons. The van der Waals surface area contributed by atoms with Crippen LogP contribution < -0.4 is 0 Å². The summed E-state index contributed by atoms with van der Waals surface area (Å²) in [6.45, 7) is 12.2. The summed E-state index contributed by atoms with van der Waals surface area (Å²) >= 11 is 0. The summed E-state index contributed by atoms with van der Waals surface area (Å²) in [5, 5.41) is 0. The van der Waals surface area contributed by atoms with Crippen LogP contribution in [0.2, 0.25) is 0 Å². The van der Waals surface area contributed by atoms with Gasteiger partial charge in [0.2, 0.25) is 0 Å². The summed E-state index contributed by atoms with van der Waals surface area (Å²) in [4.78, 5) is 14.6. The van der Waals surface area contributed by atoms with E-state index < -0.39 is 0 Å². The van der Waals surface area contributed by atoms with Gasteiger partial charge in [0.15, 0.2) is 5.78 Å². The van der Waals surface area contributed by atoms with Gasteiger partial charge in [0.1, 0.15) is 0 Å². The van der Waals surface area contributed by atoms with Crippen LogP contribution in [0.3, 0.4) is 0 Å². The summed E-state index contributed by atoms with van der Waals surface area (Å²) in [6.07, 6.45) is 1.90. The number of nitrogens with zero attached hydrogens (tertiary/aromatic N) is 1. The number of likely N-dealkylation sites (tertiary alicyclic amines) is 1. The van der Waals surface area contributed by atoms with Gasteiger partial charge in [0.25, 0.3) is 0 Å². The third-order valence-electron chi connectivity index (χ3n) is 4.53. The standard InChI is InChI=1S/C18H27NO/c1-14-5-7-15(8-6-14)17(20)10-12-19-11-9-16(13-19)18(2,3)4/h5-8,16H,9-13H2,1-4H3. The minimum Gasteiger partial charge on any atom is -0.303 e. The minimum atomic E-state index is 0.268. The van der Waals surface area contributed by atoms with Crippen molar-refractivity contribution in [2.24, 2.45) is 11.3 Å². The van der Waals surface area contributed by atoms with Crippen molar-refractivity contribution in [1.82, 2.24) is 4.90 Å². The fourth-order valence-electron chi connectivity index (χ4n) is 2.89. The third-order valence-corrected chi connectivity index (χ3v) is 4.53. The Morgan fingerprint density at radius 2 is 1.90 bits per heavy atom. The molecule has 0 aromatic heterocycles. The van der Waals surface area contributed by atoms with E-state index in [1.165, 1.54) is 12.0 Å². The minimum absolute atomic E-state index is 0.268. The van der Waals surface area contributed by atoms with E-state index in [4.69, 9.17) is 0 Å². The van der Waals surface area contributed by atoms with E-state index >= 15 is 0 Å². The smallest absolute Gasteiger partial charge is 0.164 e. The van der Waals surface area contributed by atoms with Crippen molar-refractivity contribution in [3.8, 4) is 0 Å². The Hall–Kier alpha value is -1.15. The van der Waals surface area contributed by atoms with Gasteiger partial charge < -0.3 is 4.90 Å². The molecule has 0 amide bonds. The largest absolute Gasteiger partial charge is 0.303 e. The van der Waals surface area contributed by atoms with Crippen molar-refractivity contribution < 1.29 is 4.79 Å². The molecule has 0 N–H and O–H groups in total. The van der Waals surface area contributed by atoms with E-state index in [1.54, 1.807) is 0 Å². The lowest BCUT2D eigenvalue weighted by Crippen LogP contribution is -2.27. The number of hydrogen-bond donors (Lipinski definition) is 0. The number of carbonyl (C=O) groups is 1. The van der Waals surface area contributed by atoms with Crippen molar-refractivity contribution in [3.63, 3.8) is 0 Å². The molecule has 20 heavy (non-hydrogen) atoms. The molecule has 1 saturated heterocycles. The molecule has 0 saturated carbocycles. The highest BCUT2D eigenvalue weighted by Crippen LogP contribution is 2.33. The highest BCUT2D eigenvalue weighted by Gasteiger charge is 2.31.